The molecule has 3 nitrogen and oxygen atoms in total. The fourth-order valence-corrected chi connectivity index (χ4v) is 5.76. The smallest absolute Gasteiger partial charge is 0.238 e. The van der Waals surface area contributed by atoms with Crippen LogP contribution < -0.4 is 4.90 Å². The van der Waals surface area contributed by atoms with Gasteiger partial charge >= 0.3 is 0 Å². The number of nitrogens with zero attached hydrogens (tertiary/aromatic N) is 1. The van der Waals surface area contributed by atoms with Gasteiger partial charge in [-0.25, -0.2) is 9.29 Å². The molecule has 0 radical (unpaired) electrons. The summed E-state index contributed by atoms with van der Waals surface area (Å²) in [5.41, 5.74) is 3.06. The highest BCUT2D eigenvalue weighted by Crippen LogP contribution is 2.57. The molecule has 3 aliphatic carbocycles. The Labute approximate surface area is 140 Å². The first kappa shape index (κ1) is 14.4. The van der Waals surface area contributed by atoms with Gasteiger partial charge in [0, 0.05) is 0 Å². The molecule has 0 aromatic heterocycles. The Balaban J connectivity index is 1.63. The van der Waals surface area contributed by atoms with Crippen LogP contribution in [0.25, 0.3) is 0 Å². The fraction of sp³-hybridized carbons (Fsp3) is 0.500. The Morgan fingerprint density at radius 3 is 1.96 bits per heavy atom. The van der Waals surface area contributed by atoms with Crippen LogP contribution in [0.2, 0.25) is 0 Å². The number of carbonyl (C=O) groups excluding carboxylic acids is 2. The molecule has 0 bridgehead atoms. The molecule has 1 aromatic rings. The Bertz CT molecular complexity index is 742. The minimum Gasteiger partial charge on any atom is -0.274 e. The van der Waals surface area contributed by atoms with E-state index in [-0.39, 0.29) is 41.2 Å². The molecule has 0 N–H and O–H groups in total. The summed E-state index contributed by atoms with van der Waals surface area (Å²) in [5, 5.41) is 0. The Hall–Kier alpha value is -1.97. The van der Waals surface area contributed by atoms with E-state index in [0.29, 0.717) is 0 Å². The van der Waals surface area contributed by atoms with Crippen molar-refractivity contribution >= 4 is 17.5 Å². The topological polar surface area (TPSA) is 37.4 Å². The van der Waals surface area contributed by atoms with Crippen LogP contribution in [-0.2, 0) is 9.59 Å². The van der Waals surface area contributed by atoms with Crippen LogP contribution in [0.1, 0.15) is 38.5 Å². The van der Waals surface area contributed by atoms with E-state index in [1.165, 1.54) is 17.2 Å². The molecule has 1 heterocycles. The van der Waals surface area contributed by atoms with Crippen LogP contribution >= 0.6 is 0 Å². The molecule has 2 amide bonds. The van der Waals surface area contributed by atoms with Crippen molar-refractivity contribution < 1.29 is 14.0 Å². The maximum absolute atomic E-state index is 14.2. The Morgan fingerprint density at radius 2 is 1.42 bits per heavy atom. The number of halogens is 1. The number of fused-ring (bicyclic) bond motifs is 5. The van der Waals surface area contributed by atoms with Crippen LogP contribution in [0, 0.1) is 29.5 Å². The number of imide groups is 1. The van der Waals surface area contributed by atoms with Crippen molar-refractivity contribution in [3.63, 3.8) is 0 Å². The van der Waals surface area contributed by atoms with Crippen molar-refractivity contribution in [2.45, 2.75) is 38.5 Å². The fourth-order valence-electron chi connectivity index (χ4n) is 5.76. The average Bonchev–Trinajstić information content (AvgIpc) is 3.26. The molecular weight excluding hydrogens is 305 g/mol. The van der Waals surface area contributed by atoms with Gasteiger partial charge in [0.15, 0.2) is 0 Å². The third kappa shape index (κ3) is 1.72. The molecule has 24 heavy (non-hydrogen) atoms. The maximum Gasteiger partial charge on any atom is 0.238 e. The van der Waals surface area contributed by atoms with Gasteiger partial charge in [-0.15, -0.1) is 0 Å². The largest absolute Gasteiger partial charge is 0.274 e. The third-order valence-electron chi connectivity index (χ3n) is 6.59. The van der Waals surface area contributed by atoms with Crippen LogP contribution in [0.5, 0.6) is 0 Å². The number of anilines is 1. The predicted octanol–water partition coefficient (Wildman–Crippen LogP) is 3.84. The van der Waals surface area contributed by atoms with Crippen LogP contribution in [0.15, 0.2) is 35.4 Å². The quantitative estimate of drug-likeness (QED) is 0.581. The zero-order valence-corrected chi connectivity index (χ0v) is 13.5. The van der Waals surface area contributed by atoms with Gasteiger partial charge in [-0.2, -0.15) is 0 Å². The highest BCUT2D eigenvalue weighted by molar-refractivity contribution is 6.22. The summed E-state index contributed by atoms with van der Waals surface area (Å²) in [7, 11) is 0. The summed E-state index contributed by atoms with van der Waals surface area (Å²) in [6.45, 7) is 0. The molecule has 4 aliphatic rings. The van der Waals surface area contributed by atoms with Gasteiger partial charge in [-0.3, -0.25) is 9.59 Å². The van der Waals surface area contributed by atoms with E-state index >= 15 is 0 Å². The number of hydrogen-bond donors (Lipinski definition) is 0. The number of rotatable bonds is 1. The molecule has 4 atom stereocenters. The van der Waals surface area contributed by atoms with Gasteiger partial charge in [0.25, 0.3) is 0 Å². The molecule has 1 aromatic carbocycles. The summed E-state index contributed by atoms with van der Waals surface area (Å²) in [6.07, 6.45) is 6.39. The molecule has 4 heteroatoms. The molecule has 0 unspecified atom stereocenters. The average molecular weight is 325 g/mol. The highest BCUT2D eigenvalue weighted by atomic mass is 19.1. The first-order valence-corrected chi connectivity index (χ1v) is 9.02. The number of carbonyl (C=O) groups is 2. The molecule has 0 spiro atoms. The van der Waals surface area contributed by atoms with Crippen molar-refractivity contribution in [3.8, 4) is 0 Å². The third-order valence-corrected chi connectivity index (χ3v) is 6.59. The lowest BCUT2D eigenvalue weighted by Crippen LogP contribution is -2.35. The number of hydrogen-bond acceptors (Lipinski definition) is 2. The molecule has 2 saturated carbocycles. The van der Waals surface area contributed by atoms with Gasteiger partial charge in [0.1, 0.15) is 5.82 Å². The normalized spacial score (nSPS) is 34.6. The Kier molecular flexibility index (Phi) is 3.00. The number of allylic oxidation sites excluding steroid dienone is 2. The second-order valence-electron chi connectivity index (χ2n) is 7.56. The number of para-hydroxylation sites is 1. The zero-order chi connectivity index (χ0) is 16.4. The minimum absolute atomic E-state index is 0.126. The van der Waals surface area contributed by atoms with E-state index in [1.807, 2.05) is 0 Å². The van der Waals surface area contributed by atoms with E-state index in [1.54, 1.807) is 18.2 Å². The summed E-state index contributed by atoms with van der Waals surface area (Å²) in [6, 6.07) is 6.13. The van der Waals surface area contributed by atoms with Gasteiger partial charge < -0.3 is 0 Å². The van der Waals surface area contributed by atoms with Crippen molar-refractivity contribution in [2.24, 2.45) is 23.7 Å². The lowest BCUT2D eigenvalue weighted by Gasteiger charge is -2.34. The van der Waals surface area contributed by atoms with Crippen molar-refractivity contribution in [1.82, 2.24) is 0 Å². The lowest BCUT2D eigenvalue weighted by atomic mass is 9.66. The van der Waals surface area contributed by atoms with E-state index in [2.05, 4.69) is 0 Å². The van der Waals surface area contributed by atoms with Crippen molar-refractivity contribution in [3.05, 3.63) is 41.2 Å². The molecule has 1 saturated heterocycles. The predicted molar refractivity (Wildman–Crippen MR) is 87.6 cm³/mol. The second kappa shape index (κ2) is 5.01. The Morgan fingerprint density at radius 1 is 0.875 bits per heavy atom. The van der Waals surface area contributed by atoms with Crippen LogP contribution in [-0.4, -0.2) is 11.8 Å². The SMILES string of the molecule is O=C1[C@@H]2[C@H](C(=O)N1c1ccccc1F)[C@H]1CCCC1=C1CCC[C@@H]12. The second-order valence-corrected chi connectivity index (χ2v) is 7.56. The zero-order valence-electron chi connectivity index (χ0n) is 13.5. The molecule has 1 aliphatic heterocycles. The number of benzene rings is 1. The lowest BCUT2D eigenvalue weighted by molar-refractivity contribution is -0.122. The minimum atomic E-state index is -0.496. The van der Waals surface area contributed by atoms with Crippen molar-refractivity contribution in [1.29, 1.82) is 0 Å². The van der Waals surface area contributed by atoms with Gasteiger partial charge in [-0.05, 0) is 62.5 Å². The van der Waals surface area contributed by atoms with Gasteiger partial charge in [-0.1, -0.05) is 23.3 Å². The van der Waals surface area contributed by atoms with E-state index < -0.39 is 5.82 Å². The maximum atomic E-state index is 14.2. The van der Waals surface area contributed by atoms with Crippen LogP contribution in [0.3, 0.4) is 0 Å². The molecule has 124 valence electrons. The van der Waals surface area contributed by atoms with Crippen molar-refractivity contribution in [2.75, 3.05) is 4.90 Å². The summed E-state index contributed by atoms with van der Waals surface area (Å²) >= 11 is 0. The summed E-state index contributed by atoms with van der Waals surface area (Å²) in [5.74, 6) is -0.942. The first-order valence-electron chi connectivity index (χ1n) is 9.02. The van der Waals surface area contributed by atoms with E-state index in [4.69, 9.17) is 0 Å². The monoisotopic (exact) mass is 325 g/mol. The van der Waals surface area contributed by atoms with Gasteiger partial charge in [0.05, 0.1) is 17.5 Å². The standard InChI is InChI=1S/C20H20FNO2/c21-15-9-1-2-10-16(15)22-19(23)17-13-7-3-5-11(13)12-6-4-8-14(12)18(17)20(22)24/h1-2,9-10,13-14,17-18H,3-8H2/t13-,14-,17-,18+/m0/s1. The first-order chi connectivity index (χ1) is 11.7. The summed E-state index contributed by atoms with van der Waals surface area (Å²) in [4.78, 5) is 27.5. The van der Waals surface area contributed by atoms with Crippen LogP contribution in [0.4, 0.5) is 10.1 Å². The van der Waals surface area contributed by atoms with Gasteiger partial charge in [0.2, 0.25) is 11.8 Å². The molecular formula is C20H20FNO2. The highest BCUT2D eigenvalue weighted by Gasteiger charge is 2.59. The van der Waals surface area contributed by atoms with E-state index in [0.717, 1.165) is 43.4 Å². The number of amides is 2. The van der Waals surface area contributed by atoms with E-state index in [9.17, 15) is 14.0 Å². The summed E-state index contributed by atoms with van der Waals surface area (Å²) < 4.78 is 14.2. The molecule has 3 fully saturated rings. The molecule has 5 rings (SSSR count).